The zero-order valence-electron chi connectivity index (χ0n) is 23.1. The first-order valence-corrected chi connectivity index (χ1v) is 13.8. The molecule has 1 aliphatic heterocycles. The number of halogens is 2. The van der Waals surface area contributed by atoms with Crippen LogP contribution >= 0.6 is 0 Å². The lowest BCUT2D eigenvalue weighted by Gasteiger charge is -2.33. The number of nitriles is 1. The molecule has 1 aliphatic rings. The van der Waals surface area contributed by atoms with Crippen LogP contribution in [-0.2, 0) is 21.7 Å². The Morgan fingerprint density at radius 3 is 2.23 bits per heavy atom. The Morgan fingerprint density at radius 1 is 0.977 bits per heavy atom. The van der Waals surface area contributed by atoms with Crippen LogP contribution in [0.15, 0.2) is 103 Å². The maximum absolute atomic E-state index is 14.1. The van der Waals surface area contributed by atoms with E-state index in [0.29, 0.717) is 16.8 Å². The van der Waals surface area contributed by atoms with Crippen LogP contribution in [-0.4, -0.2) is 28.6 Å². The molecule has 0 saturated carbocycles. The molecule has 4 aromatic carbocycles. The molecule has 2 amide bonds. The molecule has 1 heterocycles. The van der Waals surface area contributed by atoms with E-state index < -0.39 is 41.3 Å². The molecule has 5 rings (SSSR count). The molecule has 0 bridgehead atoms. The number of anilines is 1. The molecular weight excluding hydrogens is 552 g/mol. The predicted octanol–water partition coefficient (Wildman–Crippen LogP) is 6.45. The van der Waals surface area contributed by atoms with Crippen LogP contribution in [0.3, 0.4) is 0 Å². The third-order valence-corrected chi connectivity index (χ3v) is 7.58. The maximum Gasteiger partial charge on any atom is 0.417 e. The van der Waals surface area contributed by atoms with Crippen molar-refractivity contribution in [3.05, 3.63) is 137 Å². The number of benzene rings is 4. The number of amides is 2. The topological polar surface area (TPSA) is 103 Å². The number of hydrogen-bond acceptors (Lipinski definition) is 6. The number of cyclic esters (lactones) is 1. The van der Waals surface area contributed by atoms with Gasteiger partial charge in [0, 0.05) is 23.6 Å². The van der Waals surface area contributed by atoms with Crippen molar-refractivity contribution < 1.29 is 28.2 Å². The quantitative estimate of drug-likeness (QED) is 0.209. The molecule has 1 fully saturated rings. The summed E-state index contributed by atoms with van der Waals surface area (Å²) >= 11 is 0. The second-order valence-electron chi connectivity index (χ2n) is 10.5. The van der Waals surface area contributed by atoms with Gasteiger partial charge in [0.1, 0.15) is 24.3 Å². The number of imide groups is 1. The highest BCUT2D eigenvalue weighted by atomic mass is 19.1. The van der Waals surface area contributed by atoms with Gasteiger partial charge < -0.3 is 15.2 Å². The monoisotopic (exact) mass is 581 g/mol. The summed E-state index contributed by atoms with van der Waals surface area (Å²) in [5.41, 5.74) is 0.950. The molecule has 4 aromatic rings. The van der Waals surface area contributed by atoms with Gasteiger partial charge in [-0.3, -0.25) is 4.79 Å². The van der Waals surface area contributed by atoms with E-state index >= 15 is 0 Å². The minimum absolute atomic E-state index is 0.0177. The van der Waals surface area contributed by atoms with Crippen LogP contribution in [0.1, 0.15) is 41.1 Å². The highest BCUT2D eigenvalue weighted by Crippen LogP contribution is 2.35. The Labute approximate surface area is 248 Å². The third-order valence-electron chi connectivity index (χ3n) is 7.58. The lowest BCUT2D eigenvalue weighted by atomic mass is 9.87. The zero-order chi connectivity index (χ0) is 30.4. The number of hydrogen-bond donors (Lipinski definition) is 2. The molecule has 0 aromatic heterocycles. The van der Waals surface area contributed by atoms with Gasteiger partial charge in [0.25, 0.3) is 0 Å². The van der Waals surface area contributed by atoms with Gasteiger partial charge in [-0.05, 0) is 72.5 Å². The van der Waals surface area contributed by atoms with E-state index in [4.69, 9.17) is 4.74 Å². The van der Waals surface area contributed by atoms with Gasteiger partial charge in [-0.25, -0.2) is 18.5 Å². The van der Waals surface area contributed by atoms with E-state index in [9.17, 15) is 28.7 Å². The maximum atomic E-state index is 14.1. The Bertz CT molecular complexity index is 1610. The molecule has 43 heavy (non-hydrogen) atoms. The molecule has 3 unspecified atom stereocenters. The minimum Gasteiger partial charge on any atom is -0.446 e. The van der Waals surface area contributed by atoms with Gasteiger partial charge in [0.15, 0.2) is 5.72 Å². The van der Waals surface area contributed by atoms with Gasteiger partial charge in [-0.2, -0.15) is 5.26 Å². The van der Waals surface area contributed by atoms with Crippen LogP contribution in [0.4, 0.5) is 19.3 Å². The molecule has 0 spiro atoms. The average molecular weight is 582 g/mol. The predicted molar refractivity (Wildman–Crippen MR) is 155 cm³/mol. The summed E-state index contributed by atoms with van der Waals surface area (Å²) in [7, 11) is 0. The van der Waals surface area contributed by atoms with Crippen molar-refractivity contribution in [3.63, 3.8) is 0 Å². The largest absolute Gasteiger partial charge is 0.446 e. The smallest absolute Gasteiger partial charge is 0.417 e. The molecule has 2 N–H and O–H groups in total. The molecule has 7 nitrogen and oxygen atoms in total. The summed E-state index contributed by atoms with van der Waals surface area (Å²) in [5.74, 6) is -2.19. The van der Waals surface area contributed by atoms with E-state index in [1.807, 2.05) is 30.3 Å². The van der Waals surface area contributed by atoms with Crippen molar-refractivity contribution in [1.82, 2.24) is 4.90 Å². The fourth-order valence-corrected chi connectivity index (χ4v) is 5.25. The fraction of sp³-hybridized carbons (Fsp3) is 0.206. The minimum atomic E-state index is -1.78. The Morgan fingerprint density at radius 2 is 1.60 bits per heavy atom. The van der Waals surface area contributed by atoms with Gasteiger partial charge in [0.05, 0.1) is 11.6 Å². The normalized spacial score (nSPS) is 16.6. The second kappa shape index (κ2) is 12.8. The van der Waals surface area contributed by atoms with Crippen molar-refractivity contribution in [2.75, 3.05) is 11.9 Å². The summed E-state index contributed by atoms with van der Waals surface area (Å²) < 4.78 is 32.7. The summed E-state index contributed by atoms with van der Waals surface area (Å²) in [6.45, 7) is 0.0177. The van der Waals surface area contributed by atoms with Crippen molar-refractivity contribution in [3.8, 4) is 6.07 Å². The standard InChI is InChI=1S/C34H29F2N3O4/c35-28-12-10-27(11-13-28)34(42,38-30-16-14-29(36)15-17-30)19-18-26(20-23-6-8-24(21-37)9-7-23)32(40)39-31(22-43-33(39)41)25-4-2-1-3-5-25/h1-17,26,31,38,42H,18-20,22H2. The summed E-state index contributed by atoms with van der Waals surface area (Å²) in [6, 6.07) is 28.1. The van der Waals surface area contributed by atoms with Crippen LogP contribution in [0, 0.1) is 28.9 Å². The number of nitrogens with zero attached hydrogens (tertiary/aromatic N) is 2. The molecule has 0 radical (unpaired) electrons. The summed E-state index contributed by atoms with van der Waals surface area (Å²) in [5, 5.41) is 24.2. The number of rotatable bonds is 10. The SMILES string of the molecule is N#Cc1ccc(CC(CCC(O)(Nc2ccc(F)cc2)c2ccc(F)cc2)C(=O)N2C(=O)OCC2c2ccccc2)cc1. The van der Waals surface area contributed by atoms with Crippen molar-refractivity contribution in [2.45, 2.75) is 31.0 Å². The van der Waals surface area contributed by atoms with Crippen molar-refractivity contribution >= 4 is 17.7 Å². The molecule has 3 atom stereocenters. The lowest BCUT2D eigenvalue weighted by molar-refractivity contribution is -0.134. The van der Waals surface area contributed by atoms with Crippen LogP contribution in [0.5, 0.6) is 0 Å². The first kappa shape index (κ1) is 29.4. The van der Waals surface area contributed by atoms with E-state index in [0.717, 1.165) is 16.0 Å². The zero-order valence-corrected chi connectivity index (χ0v) is 23.1. The number of carbonyl (C=O) groups is 2. The molecular formula is C34H29F2N3O4. The van der Waals surface area contributed by atoms with Crippen LogP contribution in [0.2, 0.25) is 0 Å². The van der Waals surface area contributed by atoms with Gasteiger partial charge in [0.2, 0.25) is 5.91 Å². The molecule has 9 heteroatoms. The van der Waals surface area contributed by atoms with Crippen molar-refractivity contribution in [1.29, 1.82) is 5.26 Å². The van der Waals surface area contributed by atoms with E-state index in [1.54, 1.807) is 24.3 Å². The Hall–Kier alpha value is -5.07. The van der Waals surface area contributed by atoms with Gasteiger partial charge in [-0.15, -0.1) is 0 Å². The van der Waals surface area contributed by atoms with Crippen LogP contribution in [0.25, 0.3) is 0 Å². The first-order chi connectivity index (χ1) is 20.8. The Kier molecular flexibility index (Phi) is 8.79. The van der Waals surface area contributed by atoms with Gasteiger partial charge >= 0.3 is 6.09 Å². The second-order valence-corrected chi connectivity index (χ2v) is 10.5. The number of nitrogens with one attached hydrogen (secondary N) is 1. The van der Waals surface area contributed by atoms with E-state index in [1.165, 1.54) is 48.5 Å². The van der Waals surface area contributed by atoms with E-state index in [2.05, 4.69) is 11.4 Å². The van der Waals surface area contributed by atoms with E-state index in [-0.39, 0.29) is 25.9 Å². The van der Waals surface area contributed by atoms with Crippen LogP contribution < -0.4 is 5.32 Å². The van der Waals surface area contributed by atoms with Gasteiger partial charge in [-0.1, -0.05) is 54.6 Å². The lowest BCUT2D eigenvalue weighted by Crippen LogP contribution is -2.41. The average Bonchev–Trinajstić information content (AvgIpc) is 3.42. The highest BCUT2D eigenvalue weighted by Gasteiger charge is 2.42. The summed E-state index contributed by atoms with van der Waals surface area (Å²) in [4.78, 5) is 28.2. The van der Waals surface area contributed by atoms with Crippen molar-refractivity contribution in [2.24, 2.45) is 5.92 Å². The molecule has 1 saturated heterocycles. The molecule has 218 valence electrons. The summed E-state index contributed by atoms with van der Waals surface area (Å²) in [6.07, 6.45) is -0.457. The number of carbonyl (C=O) groups excluding carboxylic acids is 2. The third kappa shape index (κ3) is 6.88. The highest BCUT2D eigenvalue weighted by molar-refractivity contribution is 5.95. The molecule has 0 aliphatic carbocycles. The Balaban J connectivity index is 1.47. The number of ether oxygens (including phenoxy) is 1. The first-order valence-electron chi connectivity index (χ1n) is 13.8. The fourth-order valence-electron chi connectivity index (χ4n) is 5.25. The number of aliphatic hydroxyl groups is 1.